The Balaban J connectivity index is 1.95. The molecule has 0 radical (unpaired) electrons. The maximum absolute atomic E-state index is 11.8. The number of carbonyl (C=O) groups excluding carboxylic acids is 1. The molecule has 3 heteroatoms. The van der Waals surface area contributed by atoms with E-state index in [1.54, 1.807) is 19.0 Å². The molecule has 0 aliphatic carbocycles. The van der Waals surface area contributed by atoms with E-state index in [2.05, 4.69) is 38.1 Å². The van der Waals surface area contributed by atoms with E-state index in [1.807, 2.05) is 36.0 Å². The molecule has 0 N–H and O–H groups in total. The van der Waals surface area contributed by atoms with Crippen LogP contribution in [0.25, 0.3) is 0 Å². The molecular formula is C19H23NOS. The lowest BCUT2D eigenvalue weighted by molar-refractivity contribution is 0.0827. The van der Waals surface area contributed by atoms with Crippen molar-refractivity contribution in [1.82, 2.24) is 4.90 Å². The SMILES string of the molecule is CC(C)c1ccc(SCc2ccc(C(=O)N(C)C)cc2)cc1. The predicted molar refractivity (Wildman–Crippen MR) is 94.6 cm³/mol. The molecule has 22 heavy (non-hydrogen) atoms. The lowest BCUT2D eigenvalue weighted by Gasteiger charge is -2.10. The summed E-state index contributed by atoms with van der Waals surface area (Å²) in [7, 11) is 3.54. The van der Waals surface area contributed by atoms with Crippen molar-refractivity contribution < 1.29 is 4.79 Å². The normalized spacial score (nSPS) is 10.8. The van der Waals surface area contributed by atoms with Crippen LogP contribution in [0.4, 0.5) is 0 Å². The van der Waals surface area contributed by atoms with Gasteiger partial charge >= 0.3 is 0 Å². The Labute approximate surface area is 137 Å². The van der Waals surface area contributed by atoms with Gasteiger partial charge in [0, 0.05) is 30.3 Å². The van der Waals surface area contributed by atoms with Gasteiger partial charge in [-0.05, 0) is 41.3 Å². The summed E-state index contributed by atoms with van der Waals surface area (Å²) in [5.41, 5.74) is 3.34. The summed E-state index contributed by atoms with van der Waals surface area (Å²) < 4.78 is 0. The number of hydrogen-bond donors (Lipinski definition) is 0. The number of rotatable bonds is 5. The second-order valence-corrected chi connectivity index (χ2v) is 6.96. The Bertz CT molecular complexity index is 615. The van der Waals surface area contributed by atoms with Crippen LogP contribution in [0.3, 0.4) is 0 Å². The van der Waals surface area contributed by atoms with Crippen molar-refractivity contribution in [2.75, 3.05) is 14.1 Å². The molecule has 0 heterocycles. The van der Waals surface area contributed by atoms with Gasteiger partial charge in [0.25, 0.3) is 5.91 Å². The highest BCUT2D eigenvalue weighted by Gasteiger charge is 2.07. The van der Waals surface area contributed by atoms with Crippen LogP contribution in [0.15, 0.2) is 53.4 Å². The zero-order valence-electron chi connectivity index (χ0n) is 13.7. The molecule has 0 bridgehead atoms. The van der Waals surface area contributed by atoms with Gasteiger partial charge in [-0.3, -0.25) is 4.79 Å². The average molecular weight is 313 g/mol. The lowest BCUT2D eigenvalue weighted by atomic mass is 10.0. The third kappa shape index (κ3) is 4.38. The molecule has 2 rings (SSSR count). The zero-order chi connectivity index (χ0) is 16.1. The largest absolute Gasteiger partial charge is 0.345 e. The molecule has 0 spiro atoms. The van der Waals surface area contributed by atoms with Crippen molar-refractivity contribution in [1.29, 1.82) is 0 Å². The van der Waals surface area contributed by atoms with Crippen LogP contribution in [0.2, 0.25) is 0 Å². The number of benzene rings is 2. The summed E-state index contributed by atoms with van der Waals surface area (Å²) in [6, 6.07) is 16.6. The highest BCUT2D eigenvalue weighted by atomic mass is 32.2. The summed E-state index contributed by atoms with van der Waals surface area (Å²) in [6.45, 7) is 4.41. The fraction of sp³-hybridized carbons (Fsp3) is 0.316. The first-order chi connectivity index (χ1) is 10.5. The van der Waals surface area contributed by atoms with E-state index in [1.165, 1.54) is 16.0 Å². The number of carbonyl (C=O) groups is 1. The molecular weight excluding hydrogens is 290 g/mol. The molecule has 2 aromatic carbocycles. The van der Waals surface area contributed by atoms with Crippen molar-refractivity contribution in [3.63, 3.8) is 0 Å². The molecule has 0 fully saturated rings. The summed E-state index contributed by atoms with van der Waals surface area (Å²) >= 11 is 1.82. The second-order valence-electron chi connectivity index (χ2n) is 5.91. The Hall–Kier alpha value is -1.74. The molecule has 0 saturated carbocycles. The van der Waals surface area contributed by atoms with E-state index in [4.69, 9.17) is 0 Å². The summed E-state index contributed by atoms with van der Waals surface area (Å²) in [5.74, 6) is 1.53. The predicted octanol–water partition coefficient (Wildman–Crippen LogP) is 4.80. The molecule has 2 nitrogen and oxygen atoms in total. The second kappa shape index (κ2) is 7.50. The van der Waals surface area contributed by atoms with E-state index < -0.39 is 0 Å². The molecule has 0 unspecified atom stereocenters. The maximum Gasteiger partial charge on any atom is 0.253 e. The standard InChI is InChI=1S/C19H23NOS/c1-14(2)16-9-11-18(12-10-16)22-13-15-5-7-17(8-6-15)19(21)20(3)4/h5-12,14H,13H2,1-4H3. The van der Waals surface area contributed by atoms with E-state index in [-0.39, 0.29) is 5.91 Å². The smallest absolute Gasteiger partial charge is 0.253 e. The number of hydrogen-bond acceptors (Lipinski definition) is 2. The number of thioether (sulfide) groups is 1. The van der Waals surface area contributed by atoms with Crippen LogP contribution in [-0.2, 0) is 5.75 Å². The first-order valence-electron chi connectivity index (χ1n) is 7.50. The minimum Gasteiger partial charge on any atom is -0.345 e. The highest BCUT2D eigenvalue weighted by Crippen LogP contribution is 2.25. The van der Waals surface area contributed by atoms with E-state index in [9.17, 15) is 4.79 Å². The fourth-order valence-corrected chi connectivity index (χ4v) is 2.97. The first-order valence-corrected chi connectivity index (χ1v) is 8.49. The van der Waals surface area contributed by atoms with Crippen LogP contribution in [0.5, 0.6) is 0 Å². The van der Waals surface area contributed by atoms with Crippen LogP contribution in [0, 0.1) is 0 Å². The van der Waals surface area contributed by atoms with Gasteiger partial charge in [0.05, 0.1) is 0 Å². The van der Waals surface area contributed by atoms with Gasteiger partial charge in [0.15, 0.2) is 0 Å². The van der Waals surface area contributed by atoms with Crippen LogP contribution < -0.4 is 0 Å². The lowest BCUT2D eigenvalue weighted by Crippen LogP contribution is -2.21. The zero-order valence-corrected chi connectivity index (χ0v) is 14.5. The van der Waals surface area contributed by atoms with Crippen molar-refractivity contribution in [2.45, 2.75) is 30.4 Å². The van der Waals surface area contributed by atoms with Gasteiger partial charge in [-0.2, -0.15) is 0 Å². The minimum atomic E-state index is 0.0449. The summed E-state index contributed by atoms with van der Waals surface area (Å²) in [6.07, 6.45) is 0. The van der Waals surface area contributed by atoms with Gasteiger partial charge < -0.3 is 4.90 Å². The fourth-order valence-electron chi connectivity index (χ4n) is 2.12. The van der Waals surface area contributed by atoms with Crippen molar-refractivity contribution >= 4 is 17.7 Å². The van der Waals surface area contributed by atoms with Gasteiger partial charge in [-0.25, -0.2) is 0 Å². The number of nitrogens with zero attached hydrogens (tertiary/aromatic N) is 1. The quantitative estimate of drug-likeness (QED) is 0.739. The molecule has 0 aliphatic rings. The molecule has 0 atom stereocenters. The van der Waals surface area contributed by atoms with Gasteiger partial charge in [-0.1, -0.05) is 38.1 Å². The number of amides is 1. The Kier molecular flexibility index (Phi) is 5.67. The van der Waals surface area contributed by atoms with Crippen molar-refractivity contribution in [2.24, 2.45) is 0 Å². The van der Waals surface area contributed by atoms with E-state index in [0.717, 1.165) is 11.3 Å². The van der Waals surface area contributed by atoms with Crippen molar-refractivity contribution in [3.8, 4) is 0 Å². The van der Waals surface area contributed by atoms with Crippen LogP contribution in [-0.4, -0.2) is 24.9 Å². The third-order valence-electron chi connectivity index (χ3n) is 3.56. The minimum absolute atomic E-state index is 0.0449. The van der Waals surface area contributed by atoms with E-state index >= 15 is 0 Å². The first kappa shape index (κ1) is 16.6. The molecule has 2 aromatic rings. The van der Waals surface area contributed by atoms with Crippen molar-refractivity contribution in [3.05, 3.63) is 65.2 Å². The monoisotopic (exact) mass is 313 g/mol. The average Bonchev–Trinajstić information content (AvgIpc) is 2.53. The summed E-state index contributed by atoms with van der Waals surface area (Å²) in [5, 5.41) is 0. The Morgan fingerprint density at radius 3 is 2.09 bits per heavy atom. The topological polar surface area (TPSA) is 20.3 Å². The molecule has 116 valence electrons. The van der Waals surface area contributed by atoms with Gasteiger partial charge in [0.1, 0.15) is 0 Å². The van der Waals surface area contributed by atoms with Gasteiger partial charge in [0.2, 0.25) is 0 Å². The Morgan fingerprint density at radius 2 is 1.59 bits per heavy atom. The highest BCUT2D eigenvalue weighted by molar-refractivity contribution is 7.98. The van der Waals surface area contributed by atoms with Gasteiger partial charge in [-0.15, -0.1) is 11.8 Å². The van der Waals surface area contributed by atoms with E-state index in [0.29, 0.717) is 5.92 Å². The third-order valence-corrected chi connectivity index (χ3v) is 4.64. The summed E-state index contributed by atoms with van der Waals surface area (Å²) in [4.78, 5) is 14.7. The maximum atomic E-state index is 11.8. The molecule has 0 aromatic heterocycles. The Morgan fingerprint density at radius 1 is 1.00 bits per heavy atom. The molecule has 0 aliphatic heterocycles. The van der Waals surface area contributed by atoms with Crippen LogP contribution in [0.1, 0.15) is 41.3 Å². The van der Waals surface area contributed by atoms with Crippen LogP contribution >= 0.6 is 11.8 Å². The molecule has 1 amide bonds. The molecule has 0 saturated heterocycles.